The first-order chi connectivity index (χ1) is 9.42. The molecule has 6 heteroatoms. The van der Waals surface area contributed by atoms with Gasteiger partial charge in [0.15, 0.2) is 6.10 Å². The standard InChI is InChI=1S/C14H18ClNO4/c1-3-11(8-13(17)18)16-14(19)9(2)20-12-6-4-5-10(15)7-12/h4-7,9,11H,3,8H2,1-2H3,(H,16,19)(H,17,18). The highest BCUT2D eigenvalue weighted by Crippen LogP contribution is 2.18. The summed E-state index contributed by atoms with van der Waals surface area (Å²) in [4.78, 5) is 22.6. The van der Waals surface area contributed by atoms with E-state index in [1.165, 1.54) is 0 Å². The maximum atomic E-state index is 11.9. The highest BCUT2D eigenvalue weighted by atomic mass is 35.5. The van der Waals surface area contributed by atoms with Crippen LogP contribution in [0.25, 0.3) is 0 Å². The van der Waals surface area contributed by atoms with Crippen LogP contribution in [0.1, 0.15) is 26.7 Å². The molecule has 0 spiro atoms. The van der Waals surface area contributed by atoms with Crippen molar-refractivity contribution in [3.63, 3.8) is 0 Å². The summed E-state index contributed by atoms with van der Waals surface area (Å²) in [5.41, 5.74) is 0. The van der Waals surface area contributed by atoms with E-state index in [-0.39, 0.29) is 12.3 Å². The first-order valence-corrected chi connectivity index (χ1v) is 6.74. The molecule has 0 aliphatic carbocycles. The van der Waals surface area contributed by atoms with E-state index < -0.39 is 18.1 Å². The molecule has 2 N–H and O–H groups in total. The second kappa shape index (κ2) is 7.75. The minimum Gasteiger partial charge on any atom is -0.481 e. The Labute approximate surface area is 122 Å². The summed E-state index contributed by atoms with van der Waals surface area (Å²) in [5, 5.41) is 11.9. The van der Waals surface area contributed by atoms with E-state index in [4.69, 9.17) is 21.4 Å². The molecule has 1 rings (SSSR count). The highest BCUT2D eigenvalue weighted by molar-refractivity contribution is 6.30. The Morgan fingerprint density at radius 2 is 2.15 bits per heavy atom. The summed E-state index contributed by atoms with van der Waals surface area (Å²) in [7, 11) is 0. The summed E-state index contributed by atoms with van der Waals surface area (Å²) in [6.45, 7) is 3.42. The molecule has 20 heavy (non-hydrogen) atoms. The fourth-order valence-electron chi connectivity index (χ4n) is 1.62. The molecule has 110 valence electrons. The van der Waals surface area contributed by atoms with Crippen molar-refractivity contribution in [2.75, 3.05) is 0 Å². The fourth-order valence-corrected chi connectivity index (χ4v) is 1.80. The molecule has 0 fully saturated rings. The van der Waals surface area contributed by atoms with E-state index >= 15 is 0 Å². The zero-order valence-electron chi connectivity index (χ0n) is 11.4. The van der Waals surface area contributed by atoms with Crippen LogP contribution in [0.5, 0.6) is 5.75 Å². The number of carboxylic acid groups (broad SMARTS) is 1. The number of nitrogens with one attached hydrogen (secondary N) is 1. The third kappa shape index (κ3) is 5.48. The lowest BCUT2D eigenvalue weighted by molar-refractivity contribution is -0.138. The van der Waals surface area contributed by atoms with Gasteiger partial charge in [0.1, 0.15) is 5.75 Å². The van der Waals surface area contributed by atoms with Gasteiger partial charge in [-0.1, -0.05) is 24.6 Å². The van der Waals surface area contributed by atoms with Gasteiger partial charge in [-0.25, -0.2) is 0 Å². The second-order valence-corrected chi connectivity index (χ2v) is 4.87. The maximum absolute atomic E-state index is 11.9. The largest absolute Gasteiger partial charge is 0.481 e. The van der Waals surface area contributed by atoms with Gasteiger partial charge >= 0.3 is 5.97 Å². The summed E-state index contributed by atoms with van der Waals surface area (Å²) in [5.74, 6) is -0.801. The Morgan fingerprint density at radius 1 is 1.45 bits per heavy atom. The topological polar surface area (TPSA) is 75.6 Å². The lowest BCUT2D eigenvalue weighted by Gasteiger charge is -2.19. The Balaban J connectivity index is 2.56. The molecule has 0 aliphatic rings. The minimum atomic E-state index is -0.944. The Hall–Kier alpha value is -1.75. The van der Waals surface area contributed by atoms with Crippen LogP contribution in [0.4, 0.5) is 0 Å². The van der Waals surface area contributed by atoms with Gasteiger partial charge in [-0.2, -0.15) is 0 Å². The minimum absolute atomic E-state index is 0.105. The van der Waals surface area contributed by atoms with Crippen molar-refractivity contribution in [3.05, 3.63) is 29.3 Å². The average Bonchev–Trinajstić information content (AvgIpc) is 2.37. The third-order valence-corrected chi connectivity index (χ3v) is 2.97. The Bertz CT molecular complexity index is 478. The zero-order valence-corrected chi connectivity index (χ0v) is 12.2. The average molecular weight is 300 g/mol. The summed E-state index contributed by atoms with van der Waals surface area (Å²) < 4.78 is 5.46. The van der Waals surface area contributed by atoms with Crippen LogP contribution >= 0.6 is 11.6 Å². The molecule has 1 aromatic carbocycles. The molecule has 0 heterocycles. The van der Waals surface area contributed by atoms with Crippen LogP contribution in [0.3, 0.4) is 0 Å². The first kappa shape index (κ1) is 16.3. The molecule has 0 radical (unpaired) electrons. The number of hydrogen-bond donors (Lipinski definition) is 2. The van der Waals surface area contributed by atoms with Crippen LogP contribution in [0.15, 0.2) is 24.3 Å². The molecule has 2 atom stereocenters. The number of halogens is 1. The molecular formula is C14H18ClNO4. The predicted octanol–water partition coefficient (Wildman–Crippen LogP) is 2.48. The predicted molar refractivity (Wildman–Crippen MR) is 76.0 cm³/mol. The van der Waals surface area contributed by atoms with Gasteiger partial charge in [-0.05, 0) is 31.5 Å². The molecule has 0 saturated heterocycles. The fraction of sp³-hybridized carbons (Fsp3) is 0.429. The Kier molecular flexibility index (Phi) is 6.31. The second-order valence-electron chi connectivity index (χ2n) is 4.43. The number of rotatable bonds is 7. The van der Waals surface area contributed by atoms with Crippen LogP contribution in [-0.4, -0.2) is 29.1 Å². The number of hydrogen-bond acceptors (Lipinski definition) is 3. The smallest absolute Gasteiger partial charge is 0.305 e. The molecule has 1 aromatic rings. The maximum Gasteiger partial charge on any atom is 0.305 e. The van der Waals surface area contributed by atoms with Crippen molar-refractivity contribution in [1.29, 1.82) is 0 Å². The van der Waals surface area contributed by atoms with Crippen LogP contribution in [-0.2, 0) is 9.59 Å². The van der Waals surface area contributed by atoms with Crippen molar-refractivity contribution in [3.8, 4) is 5.75 Å². The van der Waals surface area contributed by atoms with Crippen molar-refractivity contribution >= 4 is 23.5 Å². The van der Waals surface area contributed by atoms with E-state index in [1.54, 1.807) is 31.2 Å². The number of carbonyl (C=O) groups is 2. The van der Waals surface area contributed by atoms with Crippen LogP contribution in [0.2, 0.25) is 5.02 Å². The third-order valence-electron chi connectivity index (χ3n) is 2.74. The van der Waals surface area contributed by atoms with Gasteiger partial charge in [0, 0.05) is 11.1 Å². The number of carboxylic acids is 1. The number of aliphatic carboxylic acids is 1. The van der Waals surface area contributed by atoms with Gasteiger partial charge in [0.2, 0.25) is 0 Å². The highest BCUT2D eigenvalue weighted by Gasteiger charge is 2.19. The lowest BCUT2D eigenvalue weighted by Crippen LogP contribution is -2.43. The van der Waals surface area contributed by atoms with Crippen molar-refractivity contribution in [1.82, 2.24) is 5.32 Å². The van der Waals surface area contributed by atoms with Gasteiger partial charge in [0.05, 0.1) is 6.42 Å². The number of ether oxygens (including phenoxy) is 1. The molecule has 0 bridgehead atoms. The summed E-state index contributed by atoms with van der Waals surface area (Å²) in [6.07, 6.45) is -0.287. The van der Waals surface area contributed by atoms with Gasteiger partial charge < -0.3 is 15.2 Å². The lowest BCUT2D eigenvalue weighted by atomic mass is 10.1. The van der Waals surface area contributed by atoms with E-state index in [0.29, 0.717) is 17.2 Å². The summed E-state index contributed by atoms with van der Waals surface area (Å²) in [6, 6.07) is 6.34. The van der Waals surface area contributed by atoms with Crippen molar-refractivity contribution in [2.24, 2.45) is 0 Å². The first-order valence-electron chi connectivity index (χ1n) is 6.36. The molecule has 0 saturated carbocycles. The number of carbonyl (C=O) groups excluding carboxylic acids is 1. The zero-order chi connectivity index (χ0) is 15.1. The normalized spacial score (nSPS) is 13.3. The molecule has 1 amide bonds. The monoisotopic (exact) mass is 299 g/mol. The van der Waals surface area contributed by atoms with E-state index in [1.807, 2.05) is 6.92 Å². The molecule has 0 aliphatic heterocycles. The summed E-state index contributed by atoms with van der Waals surface area (Å²) >= 11 is 5.83. The molecule has 2 unspecified atom stereocenters. The van der Waals surface area contributed by atoms with Gasteiger partial charge in [0.25, 0.3) is 5.91 Å². The van der Waals surface area contributed by atoms with E-state index in [9.17, 15) is 9.59 Å². The van der Waals surface area contributed by atoms with Crippen LogP contribution in [0, 0.1) is 0 Å². The quantitative estimate of drug-likeness (QED) is 0.811. The number of benzene rings is 1. The van der Waals surface area contributed by atoms with E-state index in [0.717, 1.165) is 0 Å². The Morgan fingerprint density at radius 3 is 2.70 bits per heavy atom. The van der Waals surface area contributed by atoms with Gasteiger partial charge in [-0.15, -0.1) is 0 Å². The molecular weight excluding hydrogens is 282 g/mol. The van der Waals surface area contributed by atoms with Crippen molar-refractivity contribution < 1.29 is 19.4 Å². The van der Waals surface area contributed by atoms with E-state index in [2.05, 4.69) is 5.32 Å². The SMILES string of the molecule is CCC(CC(=O)O)NC(=O)C(C)Oc1cccc(Cl)c1. The molecule has 0 aromatic heterocycles. The number of amides is 1. The van der Waals surface area contributed by atoms with Crippen LogP contribution < -0.4 is 10.1 Å². The van der Waals surface area contributed by atoms with Gasteiger partial charge in [-0.3, -0.25) is 9.59 Å². The van der Waals surface area contributed by atoms with Crippen molar-refractivity contribution in [2.45, 2.75) is 38.8 Å². The molecule has 5 nitrogen and oxygen atoms in total.